The number of hydrogen-bond donors (Lipinski definition) is 2. The lowest BCUT2D eigenvalue weighted by molar-refractivity contribution is -0.115. The molecule has 9 heteroatoms. The van der Waals surface area contributed by atoms with Gasteiger partial charge in [-0.25, -0.2) is 9.50 Å². The van der Waals surface area contributed by atoms with E-state index in [1.807, 2.05) is 6.92 Å². The molecule has 0 fully saturated rings. The van der Waals surface area contributed by atoms with Crippen LogP contribution in [0.4, 0.5) is 5.69 Å². The van der Waals surface area contributed by atoms with Crippen molar-refractivity contribution in [3.05, 3.63) is 61.0 Å². The maximum atomic E-state index is 12.4. The summed E-state index contributed by atoms with van der Waals surface area (Å²) in [4.78, 5) is 39.8. The van der Waals surface area contributed by atoms with Crippen molar-refractivity contribution < 1.29 is 4.79 Å². The zero-order valence-electron chi connectivity index (χ0n) is 13.9. The molecule has 0 unspecified atom stereocenters. The van der Waals surface area contributed by atoms with Gasteiger partial charge in [-0.15, -0.1) is 0 Å². The van der Waals surface area contributed by atoms with Gasteiger partial charge in [-0.2, -0.15) is 0 Å². The highest BCUT2D eigenvalue weighted by Crippen LogP contribution is 2.16. The standard InChI is InChI=1S/C16H16ClN5O3/c1-8-11(9(2)22-13(18-8)6-15(24)20-22)5-14(23)19-10-4-12(17)16(25)21(3)7-10/h4,6-7H,5H2,1-3H3,(H,19,23)(H,20,24). The minimum Gasteiger partial charge on any atom is -0.324 e. The zero-order valence-corrected chi connectivity index (χ0v) is 14.6. The number of H-pyrrole nitrogens is 1. The van der Waals surface area contributed by atoms with Crippen LogP contribution in [0.5, 0.6) is 0 Å². The van der Waals surface area contributed by atoms with E-state index in [1.165, 1.54) is 22.9 Å². The van der Waals surface area contributed by atoms with Crippen LogP contribution in [0, 0.1) is 13.8 Å². The molecule has 0 saturated carbocycles. The van der Waals surface area contributed by atoms with Crippen LogP contribution >= 0.6 is 11.6 Å². The van der Waals surface area contributed by atoms with E-state index in [1.54, 1.807) is 18.5 Å². The van der Waals surface area contributed by atoms with Crippen LogP contribution in [0.2, 0.25) is 5.02 Å². The maximum absolute atomic E-state index is 12.4. The molecule has 0 bridgehead atoms. The molecule has 0 aliphatic rings. The Bertz CT molecular complexity index is 1080. The monoisotopic (exact) mass is 361 g/mol. The highest BCUT2D eigenvalue weighted by molar-refractivity contribution is 6.30. The first-order valence-corrected chi connectivity index (χ1v) is 7.88. The Labute approximate surface area is 147 Å². The molecular formula is C16H16ClN5O3. The molecule has 0 atom stereocenters. The molecule has 3 rings (SSSR count). The Morgan fingerprint density at radius 2 is 2.04 bits per heavy atom. The summed E-state index contributed by atoms with van der Waals surface area (Å²) in [6, 6.07) is 2.81. The number of carbonyl (C=O) groups excluding carboxylic acids is 1. The lowest BCUT2D eigenvalue weighted by atomic mass is 10.1. The number of amides is 1. The fourth-order valence-electron chi connectivity index (χ4n) is 2.72. The molecule has 0 aromatic carbocycles. The quantitative estimate of drug-likeness (QED) is 0.731. The van der Waals surface area contributed by atoms with Crippen molar-refractivity contribution in [2.24, 2.45) is 7.05 Å². The number of pyridine rings is 1. The Morgan fingerprint density at radius 1 is 1.32 bits per heavy atom. The summed E-state index contributed by atoms with van der Waals surface area (Å²) in [5, 5.41) is 5.39. The third kappa shape index (κ3) is 3.20. The number of halogens is 1. The van der Waals surface area contributed by atoms with E-state index in [2.05, 4.69) is 15.4 Å². The van der Waals surface area contributed by atoms with Crippen LogP contribution in [0.25, 0.3) is 5.65 Å². The summed E-state index contributed by atoms with van der Waals surface area (Å²) >= 11 is 5.85. The number of fused-ring (bicyclic) bond motifs is 1. The molecule has 0 aliphatic heterocycles. The number of carbonyl (C=O) groups is 1. The van der Waals surface area contributed by atoms with Crippen molar-refractivity contribution in [2.45, 2.75) is 20.3 Å². The number of nitrogens with one attached hydrogen (secondary N) is 2. The van der Waals surface area contributed by atoms with Gasteiger partial charge in [0.25, 0.3) is 11.1 Å². The third-order valence-corrected chi connectivity index (χ3v) is 4.23. The SMILES string of the molecule is Cc1nc2cc(=O)[nH]n2c(C)c1CC(=O)Nc1cc(Cl)c(=O)n(C)c1. The molecule has 8 nitrogen and oxygen atoms in total. The molecule has 3 aromatic rings. The second kappa shape index (κ2) is 6.21. The van der Waals surface area contributed by atoms with Crippen LogP contribution in [0.15, 0.2) is 27.9 Å². The lowest BCUT2D eigenvalue weighted by Gasteiger charge is -2.12. The topological polar surface area (TPSA) is 101 Å². The average molecular weight is 362 g/mol. The van der Waals surface area contributed by atoms with Gasteiger partial charge in [-0.1, -0.05) is 11.6 Å². The van der Waals surface area contributed by atoms with Crippen LogP contribution in [-0.2, 0) is 18.3 Å². The number of hydrogen-bond acceptors (Lipinski definition) is 4. The third-order valence-electron chi connectivity index (χ3n) is 3.96. The molecule has 0 aliphatic carbocycles. The van der Waals surface area contributed by atoms with Crippen LogP contribution < -0.4 is 16.4 Å². The van der Waals surface area contributed by atoms with E-state index in [0.29, 0.717) is 22.6 Å². The fraction of sp³-hybridized carbons (Fsp3) is 0.250. The second-order valence-electron chi connectivity index (χ2n) is 5.79. The number of anilines is 1. The predicted octanol–water partition coefficient (Wildman–Crippen LogP) is 1.17. The highest BCUT2D eigenvalue weighted by atomic mass is 35.5. The summed E-state index contributed by atoms with van der Waals surface area (Å²) in [6.45, 7) is 3.60. The summed E-state index contributed by atoms with van der Waals surface area (Å²) in [7, 11) is 1.55. The number of rotatable bonds is 3. The van der Waals surface area contributed by atoms with Crippen LogP contribution in [0.3, 0.4) is 0 Å². The first-order chi connectivity index (χ1) is 11.8. The highest BCUT2D eigenvalue weighted by Gasteiger charge is 2.15. The number of aryl methyl sites for hydroxylation is 3. The first-order valence-electron chi connectivity index (χ1n) is 7.50. The largest absolute Gasteiger partial charge is 0.324 e. The minimum absolute atomic E-state index is 0.0284. The van der Waals surface area contributed by atoms with Gasteiger partial charge >= 0.3 is 0 Å². The minimum atomic E-state index is -0.336. The van der Waals surface area contributed by atoms with E-state index in [-0.39, 0.29) is 28.5 Å². The lowest BCUT2D eigenvalue weighted by Crippen LogP contribution is -2.21. The molecule has 1 amide bonds. The molecule has 2 N–H and O–H groups in total. The molecule has 25 heavy (non-hydrogen) atoms. The van der Waals surface area contributed by atoms with Crippen molar-refractivity contribution in [3.8, 4) is 0 Å². The Kier molecular flexibility index (Phi) is 4.22. The summed E-state index contributed by atoms with van der Waals surface area (Å²) in [6.07, 6.45) is 1.57. The van der Waals surface area contributed by atoms with Gasteiger partial charge in [0, 0.05) is 36.3 Å². The van der Waals surface area contributed by atoms with E-state index >= 15 is 0 Å². The molecule has 3 heterocycles. The zero-order chi connectivity index (χ0) is 18.3. The van der Waals surface area contributed by atoms with Crippen molar-refractivity contribution in [1.29, 1.82) is 0 Å². The summed E-state index contributed by atoms with van der Waals surface area (Å²) < 4.78 is 2.85. The Morgan fingerprint density at radius 3 is 2.72 bits per heavy atom. The van der Waals surface area contributed by atoms with Crippen molar-refractivity contribution in [1.82, 2.24) is 19.2 Å². The number of nitrogens with zero attached hydrogens (tertiary/aromatic N) is 3. The van der Waals surface area contributed by atoms with E-state index in [0.717, 1.165) is 5.69 Å². The molecule has 130 valence electrons. The number of aromatic amines is 1. The molecule has 0 radical (unpaired) electrons. The average Bonchev–Trinajstić information content (AvgIpc) is 2.89. The van der Waals surface area contributed by atoms with Crippen LogP contribution in [-0.4, -0.2) is 25.1 Å². The Balaban J connectivity index is 1.90. The van der Waals surface area contributed by atoms with Gasteiger partial charge in [0.2, 0.25) is 5.91 Å². The van der Waals surface area contributed by atoms with Gasteiger partial charge in [-0.05, 0) is 19.9 Å². The van der Waals surface area contributed by atoms with Gasteiger partial charge in [0.05, 0.1) is 12.1 Å². The van der Waals surface area contributed by atoms with E-state index in [4.69, 9.17) is 11.6 Å². The molecule has 0 saturated heterocycles. The fourth-order valence-corrected chi connectivity index (χ4v) is 2.97. The van der Waals surface area contributed by atoms with Gasteiger partial charge in [0.1, 0.15) is 5.02 Å². The van der Waals surface area contributed by atoms with Crippen LogP contribution in [0.1, 0.15) is 17.0 Å². The smallest absolute Gasteiger partial charge is 0.269 e. The van der Waals surface area contributed by atoms with Crippen molar-refractivity contribution >= 4 is 28.8 Å². The second-order valence-corrected chi connectivity index (χ2v) is 6.20. The van der Waals surface area contributed by atoms with Gasteiger partial charge in [0.15, 0.2) is 5.65 Å². The molecule has 3 aromatic heterocycles. The summed E-state index contributed by atoms with van der Waals surface area (Å²) in [5.74, 6) is -0.281. The predicted molar refractivity (Wildman–Crippen MR) is 94.3 cm³/mol. The van der Waals surface area contributed by atoms with Gasteiger partial charge < -0.3 is 9.88 Å². The van der Waals surface area contributed by atoms with Gasteiger partial charge in [-0.3, -0.25) is 19.5 Å². The van der Waals surface area contributed by atoms with E-state index in [9.17, 15) is 14.4 Å². The number of aromatic nitrogens is 4. The maximum Gasteiger partial charge on any atom is 0.269 e. The van der Waals surface area contributed by atoms with Crippen molar-refractivity contribution in [3.63, 3.8) is 0 Å². The normalized spacial score (nSPS) is 11.0. The van der Waals surface area contributed by atoms with Crippen molar-refractivity contribution in [2.75, 3.05) is 5.32 Å². The first kappa shape index (κ1) is 17.0. The molecular weight excluding hydrogens is 346 g/mol. The molecule has 0 spiro atoms. The Hall–Kier alpha value is -2.87. The summed E-state index contributed by atoms with van der Waals surface area (Å²) in [5.41, 5.74) is 2.47. The van der Waals surface area contributed by atoms with E-state index < -0.39 is 0 Å².